The molecule has 0 bridgehead atoms. The van der Waals surface area contributed by atoms with Crippen LogP contribution in [0, 0.1) is 0 Å². The second kappa shape index (κ2) is 4.35. The van der Waals surface area contributed by atoms with E-state index in [9.17, 15) is 4.79 Å². The molecule has 0 aromatic carbocycles. The molecule has 0 aliphatic carbocycles. The largest absolute Gasteiger partial charge is 0.355 e. The standard InChI is InChI=1S/C12H15N3O/c1-3-14(4-2)12-10(9-16)15-8-6-5-7-11(15)13-12/h5-9H,3-4H2,1-2H3. The lowest BCUT2D eigenvalue weighted by Crippen LogP contribution is -2.23. The Morgan fingerprint density at radius 2 is 2.12 bits per heavy atom. The lowest BCUT2D eigenvalue weighted by Gasteiger charge is -2.18. The van der Waals surface area contributed by atoms with Crippen molar-refractivity contribution in [3.63, 3.8) is 0 Å². The average Bonchev–Trinajstić information content (AvgIpc) is 2.69. The van der Waals surface area contributed by atoms with Crippen molar-refractivity contribution >= 4 is 17.8 Å². The summed E-state index contributed by atoms with van der Waals surface area (Å²) in [7, 11) is 0. The van der Waals surface area contributed by atoms with E-state index in [-0.39, 0.29) is 0 Å². The van der Waals surface area contributed by atoms with Crippen molar-refractivity contribution in [1.29, 1.82) is 0 Å². The Balaban J connectivity index is 2.64. The van der Waals surface area contributed by atoms with Gasteiger partial charge in [-0.3, -0.25) is 9.20 Å². The van der Waals surface area contributed by atoms with Gasteiger partial charge in [-0.25, -0.2) is 4.98 Å². The zero-order valence-electron chi connectivity index (χ0n) is 9.55. The van der Waals surface area contributed by atoms with Crippen LogP contribution in [0.25, 0.3) is 5.65 Å². The smallest absolute Gasteiger partial charge is 0.170 e. The molecule has 2 rings (SSSR count). The average molecular weight is 217 g/mol. The second-order valence-electron chi connectivity index (χ2n) is 3.54. The lowest BCUT2D eigenvalue weighted by molar-refractivity contribution is 0.111. The Hall–Kier alpha value is -1.84. The topological polar surface area (TPSA) is 37.6 Å². The van der Waals surface area contributed by atoms with Crippen molar-refractivity contribution in [2.75, 3.05) is 18.0 Å². The number of carbonyl (C=O) groups is 1. The molecule has 0 aliphatic rings. The number of aromatic nitrogens is 2. The van der Waals surface area contributed by atoms with Crippen molar-refractivity contribution in [2.45, 2.75) is 13.8 Å². The predicted molar refractivity (Wildman–Crippen MR) is 64.1 cm³/mol. The molecule has 16 heavy (non-hydrogen) atoms. The molecule has 0 radical (unpaired) electrons. The van der Waals surface area contributed by atoms with E-state index in [2.05, 4.69) is 23.7 Å². The van der Waals surface area contributed by atoms with Crippen LogP contribution in [0.2, 0.25) is 0 Å². The fraction of sp³-hybridized carbons (Fsp3) is 0.333. The molecule has 0 atom stereocenters. The first-order chi connectivity index (χ1) is 7.81. The van der Waals surface area contributed by atoms with Crippen molar-refractivity contribution in [3.05, 3.63) is 30.1 Å². The van der Waals surface area contributed by atoms with E-state index < -0.39 is 0 Å². The molecule has 0 N–H and O–H groups in total. The van der Waals surface area contributed by atoms with Crippen molar-refractivity contribution in [1.82, 2.24) is 9.38 Å². The predicted octanol–water partition coefficient (Wildman–Crippen LogP) is 1.99. The molecule has 2 heterocycles. The normalized spacial score (nSPS) is 10.6. The molecule has 2 aromatic rings. The van der Waals surface area contributed by atoms with Gasteiger partial charge in [-0.1, -0.05) is 6.07 Å². The number of anilines is 1. The van der Waals surface area contributed by atoms with Gasteiger partial charge in [-0.05, 0) is 26.0 Å². The highest BCUT2D eigenvalue weighted by Gasteiger charge is 2.14. The van der Waals surface area contributed by atoms with E-state index in [4.69, 9.17) is 0 Å². The van der Waals surface area contributed by atoms with Gasteiger partial charge in [0.25, 0.3) is 0 Å². The van der Waals surface area contributed by atoms with Gasteiger partial charge in [-0.2, -0.15) is 0 Å². The first-order valence-electron chi connectivity index (χ1n) is 5.49. The molecule has 0 amide bonds. The Labute approximate surface area is 94.5 Å². The van der Waals surface area contributed by atoms with Crippen LogP contribution in [0.15, 0.2) is 24.4 Å². The second-order valence-corrected chi connectivity index (χ2v) is 3.54. The van der Waals surface area contributed by atoms with Crippen LogP contribution >= 0.6 is 0 Å². The number of hydrogen-bond donors (Lipinski definition) is 0. The van der Waals surface area contributed by atoms with E-state index in [1.807, 2.05) is 28.8 Å². The fourth-order valence-corrected chi connectivity index (χ4v) is 1.87. The maximum atomic E-state index is 11.2. The molecule has 0 aliphatic heterocycles. The highest BCUT2D eigenvalue weighted by molar-refractivity contribution is 5.83. The third-order valence-electron chi connectivity index (χ3n) is 2.72. The summed E-state index contributed by atoms with van der Waals surface area (Å²) in [5.74, 6) is 0.770. The van der Waals surface area contributed by atoms with Crippen molar-refractivity contribution < 1.29 is 4.79 Å². The van der Waals surface area contributed by atoms with E-state index >= 15 is 0 Å². The quantitative estimate of drug-likeness (QED) is 0.735. The number of aldehydes is 1. The van der Waals surface area contributed by atoms with Gasteiger partial charge in [0.15, 0.2) is 12.1 Å². The van der Waals surface area contributed by atoms with Gasteiger partial charge < -0.3 is 4.90 Å². The summed E-state index contributed by atoms with van der Waals surface area (Å²) in [5, 5.41) is 0. The van der Waals surface area contributed by atoms with Crippen LogP contribution in [-0.2, 0) is 0 Å². The molecule has 0 spiro atoms. The summed E-state index contributed by atoms with van der Waals surface area (Å²) >= 11 is 0. The summed E-state index contributed by atoms with van der Waals surface area (Å²) < 4.78 is 1.82. The third-order valence-corrected chi connectivity index (χ3v) is 2.72. The highest BCUT2D eigenvalue weighted by Crippen LogP contribution is 2.19. The summed E-state index contributed by atoms with van der Waals surface area (Å²) in [5.41, 5.74) is 1.44. The minimum absolute atomic E-state index is 0.624. The Bertz CT molecular complexity index is 500. The first kappa shape index (κ1) is 10.7. The number of nitrogens with zero attached hydrogens (tertiary/aromatic N) is 3. The molecule has 0 saturated heterocycles. The molecule has 0 saturated carbocycles. The van der Waals surface area contributed by atoms with Crippen molar-refractivity contribution in [3.8, 4) is 0 Å². The number of fused-ring (bicyclic) bond motifs is 1. The minimum atomic E-state index is 0.624. The molecule has 4 heteroatoms. The Morgan fingerprint density at radius 3 is 2.75 bits per heavy atom. The van der Waals surface area contributed by atoms with E-state index in [1.165, 1.54) is 0 Å². The van der Waals surface area contributed by atoms with Gasteiger partial charge in [0.05, 0.1) is 0 Å². The fourth-order valence-electron chi connectivity index (χ4n) is 1.87. The molecule has 0 fully saturated rings. The zero-order chi connectivity index (χ0) is 11.5. The number of hydrogen-bond acceptors (Lipinski definition) is 3. The van der Waals surface area contributed by atoms with E-state index in [0.29, 0.717) is 5.69 Å². The zero-order valence-corrected chi connectivity index (χ0v) is 9.55. The maximum Gasteiger partial charge on any atom is 0.170 e. The van der Waals surface area contributed by atoms with Gasteiger partial charge >= 0.3 is 0 Å². The molecule has 4 nitrogen and oxygen atoms in total. The number of imidazole rings is 1. The lowest BCUT2D eigenvalue weighted by atomic mass is 10.4. The molecule has 84 valence electrons. The molecular weight excluding hydrogens is 202 g/mol. The van der Waals surface area contributed by atoms with Gasteiger partial charge in [-0.15, -0.1) is 0 Å². The van der Waals surface area contributed by atoms with Gasteiger partial charge in [0.2, 0.25) is 0 Å². The Kier molecular flexibility index (Phi) is 2.90. The van der Waals surface area contributed by atoms with E-state index in [0.717, 1.165) is 30.8 Å². The monoisotopic (exact) mass is 217 g/mol. The number of rotatable bonds is 4. The van der Waals surface area contributed by atoms with Crippen LogP contribution < -0.4 is 4.90 Å². The number of carbonyl (C=O) groups excluding carboxylic acids is 1. The molecule has 2 aromatic heterocycles. The molecular formula is C12H15N3O. The molecule has 0 unspecified atom stereocenters. The number of pyridine rings is 1. The summed E-state index contributed by atoms with van der Waals surface area (Å²) in [6.45, 7) is 5.81. The Morgan fingerprint density at radius 1 is 1.38 bits per heavy atom. The summed E-state index contributed by atoms with van der Waals surface area (Å²) in [6, 6.07) is 5.72. The van der Waals surface area contributed by atoms with Crippen LogP contribution in [0.1, 0.15) is 24.3 Å². The van der Waals surface area contributed by atoms with Gasteiger partial charge in [0, 0.05) is 19.3 Å². The summed E-state index contributed by atoms with van der Waals surface area (Å²) in [6.07, 6.45) is 2.73. The maximum absolute atomic E-state index is 11.2. The third kappa shape index (κ3) is 1.56. The van der Waals surface area contributed by atoms with Crippen LogP contribution in [0.3, 0.4) is 0 Å². The van der Waals surface area contributed by atoms with Crippen LogP contribution in [-0.4, -0.2) is 28.8 Å². The van der Waals surface area contributed by atoms with Crippen molar-refractivity contribution in [2.24, 2.45) is 0 Å². The minimum Gasteiger partial charge on any atom is -0.355 e. The van der Waals surface area contributed by atoms with E-state index in [1.54, 1.807) is 0 Å². The SMILES string of the molecule is CCN(CC)c1nc2ccccn2c1C=O. The highest BCUT2D eigenvalue weighted by atomic mass is 16.1. The van der Waals surface area contributed by atoms with Crippen LogP contribution in [0.4, 0.5) is 5.82 Å². The first-order valence-corrected chi connectivity index (χ1v) is 5.49. The van der Waals surface area contributed by atoms with Crippen LogP contribution in [0.5, 0.6) is 0 Å². The van der Waals surface area contributed by atoms with Gasteiger partial charge in [0.1, 0.15) is 11.3 Å². The summed E-state index contributed by atoms with van der Waals surface area (Å²) in [4.78, 5) is 17.7.